The van der Waals surface area contributed by atoms with Crippen LogP contribution in [0.25, 0.3) is 33.5 Å². The van der Waals surface area contributed by atoms with Gasteiger partial charge in [0.25, 0.3) is 0 Å². The fourth-order valence-electron chi connectivity index (χ4n) is 5.97. The van der Waals surface area contributed by atoms with Gasteiger partial charge in [0.2, 0.25) is 0 Å². The van der Waals surface area contributed by atoms with Gasteiger partial charge in [-0.05, 0) is 90.4 Å². The topological polar surface area (TPSA) is 77.0 Å². The minimum Gasteiger partial charge on any atom is -0.462 e. The van der Waals surface area contributed by atoms with E-state index in [0.29, 0.717) is 52.0 Å². The summed E-state index contributed by atoms with van der Waals surface area (Å²) in [6.45, 7) is 3.14. The third-order valence-corrected chi connectivity index (χ3v) is 9.01. The van der Waals surface area contributed by atoms with E-state index < -0.39 is 5.97 Å². The molecule has 0 N–H and O–H groups in total. The Morgan fingerprint density at radius 1 is 0.717 bits per heavy atom. The number of hydrogen-bond donors (Lipinski definition) is 0. The summed E-state index contributed by atoms with van der Waals surface area (Å²) in [5.41, 5.74) is 6.77. The molecular formula is C43H31Cl2F2N3O3. The quantitative estimate of drug-likeness (QED) is 0.0837. The van der Waals surface area contributed by atoms with E-state index in [9.17, 15) is 23.6 Å². The molecule has 53 heavy (non-hydrogen) atoms. The van der Waals surface area contributed by atoms with Crippen molar-refractivity contribution in [3.63, 3.8) is 0 Å². The van der Waals surface area contributed by atoms with E-state index in [1.807, 2.05) is 51.7 Å². The molecule has 2 heterocycles. The molecule has 0 aliphatic rings. The molecule has 0 atom stereocenters. The average Bonchev–Trinajstić information content (AvgIpc) is 3.68. The number of carbonyl (C=O) groups is 2. The van der Waals surface area contributed by atoms with Crippen LogP contribution in [0.2, 0.25) is 10.0 Å². The maximum absolute atomic E-state index is 13.3. The Labute approximate surface area is 314 Å². The number of hydrogen-bond acceptors (Lipinski definition) is 4. The summed E-state index contributed by atoms with van der Waals surface area (Å²) >= 11 is 12.3. The Morgan fingerprint density at radius 2 is 1.19 bits per heavy atom. The standard InChI is InChI=1S/C27H20ClFN2O2.C16H11ClFNO/c1-2-33-27(32)20-7-5-19(6-8-20)21(15-30)13-22-17-31(16-18-3-10-24(29)11-4-18)26-14-23(28)9-12-25(22)26;17-13-3-6-15-12(10-20)9-19(16(15)7-13)8-11-1-4-14(18)5-2-11/h3-14,17H,2,16H2,1H3;1-7,9-10H,8H2/b21-13+;. The summed E-state index contributed by atoms with van der Waals surface area (Å²) in [4.78, 5) is 23.0. The Kier molecular flexibility index (Phi) is 11.5. The van der Waals surface area contributed by atoms with Crippen molar-refractivity contribution in [2.24, 2.45) is 0 Å². The predicted molar refractivity (Wildman–Crippen MR) is 206 cm³/mol. The number of halogens is 4. The molecule has 0 aliphatic carbocycles. The Balaban J connectivity index is 0.000000204. The Morgan fingerprint density at radius 3 is 1.66 bits per heavy atom. The SMILES string of the molecule is CCOC(=O)c1ccc(/C(C#N)=C/c2cn(Cc3ccc(F)cc3)c3cc(Cl)ccc23)cc1.O=Cc1cn(Cc2ccc(F)cc2)c2cc(Cl)ccc12. The van der Waals surface area contributed by atoms with Gasteiger partial charge in [0.15, 0.2) is 6.29 Å². The van der Waals surface area contributed by atoms with Crippen molar-refractivity contribution < 1.29 is 23.1 Å². The molecule has 0 radical (unpaired) electrons. The molecule has 0 saturated carbocycles. The fraction of sp³-hybridized carbons (Fsp3) is 0.0930. The normalized spacial score (nSPS) is 11.2. The lowest BCUT2D eigenvalue weighted by Gasteiger charge is -2.06. The molecule has 7 rings (SSSR count). The van der Waals surface area contributed by atoms with Crippen molar-refractivity contribution in [2.75, 3.05) is 6.61 Å². The van der Waals surface area contributed by atoms with E-state index in [-0.39, 0.29) is 11.6 Å². The number of allylic oxidation sites excluding steroid dienone is 1. The highest BCUT2D eigenvalue weighted by Crippen LogP contribution is 2.30. The molecule has 6 nitrogen and oxygen atoms in total. The monoisotopic (exact) mass is 745 g/mol. The number of nitriles is 1. The summed E-state index contributed by atoms with van der Waals surface area (Å²) in [5, 5.41) is 12.8. The molecule has 7 aromatic rings. The molecule has 10 heteroatoms. The van der Waals surface area contributed by atoms with Crippen LogP contribution < -0.4 is 0 Å². The van der Waals surface area contributed by atoms with Gasteiger partial charge in [0.05, 0.1) is 34.8 Å². The molecule has 0 unspecified atom stereocenters. The van der Waals surface area contributed by atoms with Gasteiger partial charge in [0.1, 0.15) is 11.6 Å². The number of aldehydes is 1. The summed E-state index contributed by atoms with van der Waals surface area (Å²) in [7, 11) is 0. The summed E-state index contributed by atoms with van der Waals surface area (Å²) < 4.78 is 35.2. The van der Waals surface area contributed by atoms with Crippen LogP contribution in [0.5, 0.6) is 0 Å². The van der Waals surface area contributed by atoms with Gasteiger partial charge in [-0.3, -0.25) is 4.79 Å². The van der Waals surface area contributed by atoms with Gasteiger partial charge in [-0.25, -0.2) is 13.6 Å². The number of esters is 1. The van der Waals surface area contributed by atoms with E-state index in [4.69, 9.17) is 27.9 Å². The molecule has 0 fully saturated rings. The van der Waals surface area contributed by atoms with Gasteiger partial charge in [-0.2, -0.15) is 5.26 Å². The van der Waals surface area contributed by atoms with Crippen LogP contribution >= 0.6 is 23.2 Å². The molecule has 0 amide bonds. The lowest BCUT2D eigenvalue weighted by Crippen LogP contribution is -2.04. The number of fused-ring (bicyclic) bond motifs is 2. The predicted octanol–water partition coefficient (Wildman–Crippen LogP) is 11.0. The van der Waals surface area contributed by atoms with E-state index in [0.717, 1.165) is 44.8 Å². The fourth-order valence-corrected chi connectivity index (χ4v) is 6.30. The summed E-state index contributed by atoms with van der Waals surface area (Å²) in [6, 6.07) is 32.7. The molecule has 0 aliphatic heterocycles. The van der Waals surface area contributed by atoms with Crippen LogP contribution in [0.4, 0.5) is 8.78 Å². The van der Waals surface area contributed by atoms with Crippen molar-refractivity contribution in [3.05, 3.63) is 177 Å². The minimum atomic E-state index is -0.396. The number of ether oxygens (including phenoxy) is 1. The van der Waals surface area contributed by atoms with Crippen molar-refractivity contribution in [2.45, 2.75) is 20.0 Å². The first-order valence-corrected chi connectivity index (χ1v) is 17.3. The van der Waals surface area contributed by atoms with Crippen molar-refractivity contribution >= 4 is 68.9 Å². The lowest BCUT2D eigenvalue weighted by atomic mass is 10.0. The maximum Gasteiger partial charge on any atom is 0.338 e. The summed E-state index contributed by atoms with van der Waals surface area (Å²) in [5.74, 6) is -0.939. The molecule has 5 aromatic carbocycles. The summed E-state index contributed by atoms with van der Waals surface area (Å²) in [6.07, 6.45) is 6.39. The van der Waals surface area contributed by atoms with E-state index in [1.54, 1.807) is 67.7 Å². The number of carbonyl (C=O) groups excluding carboxylic acids is 2. The van der Waals surface area contributed by atoms with Crippen LogP contribution in [-0.4, -0.2) is 28.0 Å². The van der Waals surface area contributed by atoms with E-state index in [2.05, 4.69) is 6.07 Å². The lowest BCUT2D eigenvalue weighted by molar-refractivity contribution is 0.0526. The zero-order valence-corrected chi connectivity index (χ0v) is 29.9. The van der Waals surface area contributed by atoms with Gasteiger partial charge in [-0.15, -0.1) is 0 Å². The number of benzene rings is 5. The van der Waals surface area contributed by atoms with Crippen molar-refractivity contribution in [1.29, 1.82) is 5.26 Å². The van der Waals surface area contributed by atoms with Gasteiger partial charge in [-0.1, -0.05) is 71.7 Å². The largest absolute Gasteiger partial charge is 0.462 e. The molecule has 264 valence electrons. The Hall–Kier alpha value is -6.01. The second-order valence-electron chi connectivity index (χ2n) is 12.1. The molecule has 0 bridgehead atoms. The number of nitrogens with zero attached hydrogens (tertiary/aromatic N) is 3. The highest BCUT2D eigenvalue weighted by atomic mass is 35.5. The van der Waals surface area contributed by atoms with Crippen molar-refractivity contribution in [1.82, 2.24) is 9.13 Å². The van der Waals surface area contributed by atoms with Crippen molar-refractivity contribution in [3.8, 4) is 6.07 Å². The molecule has 0 spiro atoms. The molecule has 0 saturated heterocycles. The average molecular weight is 747 g/mol. The van der Waals surface area contributed by atoms with E-state index >= 15 is 0 Å². The zero-order valence-electron chi connectivity index (χ0n) is 28.4. The Bertz CT molecular complexity index is 2500. The minimum absolute atomic E-state index is 0.261. The van der Waals surface area contributed by atoms with Gasteiger partial charge < -0.3 is 13.9 Å². The molecular weight excluding hydrogens is 715 g/mol. The second-order valence-corrected chi connectivity index (χ2v) is 13.0. The first-order valence-electron chi connectivity index (χ1n) is 16.6. The van der Waals surface area contributed by atoms with Crippen LogP contribution in [0.1, 0.15) is 49.9 Å². The highest BCUT2D eigenvalue weighted by molar-refractivity contribution is 6.31. The van der Waals surface area contributed by atoms with Crippen LogP contribution in [-0.2, 0) is 17.8 Å². The zero-order chi connectivity index (χ0) is 37.5. The second kappa shape index (κ2) is 16.6. The first-order chi connectivity index (χ1) is 25.6. The van der Waals surface area contributed by atoms with Gasteiger partial charge >= 0.3 is 5.97 Å². The first kappa shape index (κ1) is 36.8. The number of aromatic nitrogens is 2. The van der Waals surface area contributed by atoms with E-state index in [1.165, 1.54) is 24.3 Å². The van der Waals surface area contributed by atoms with Crippen LogP contribution in [0.15, 0.2) is 122 Å². The van der Waals surface area contributed by atoms with Gasteiger partial charge in [0, 0.05) is 57.4 Å². The number of rotatable bonds is 9. The third kappa shape index (κ3) is 8.73. The maximum atomic E-state index is 13.3. The highest BCUT2D eigenvalue weighted by Gasteiger charge is 2.13. The molecule has 2 aromatic heterocycles. The smallest absolute Gasteiger partial charge is 0.338 e. The van der Waals surface area contributed by atoms with Crippen LogP contribution in [0, 0.1) is 23.0 Å². The van der Waals surface area contributed by atoms with Crippen LogP contribution in [0.3, 0.4) is 0 Å². The third-order valence-electron chi connectivity index (χ3n) is 8.54.